The fourth-order valence-corrected chi connectivity index (χ4v) is 6.20. The molecule has 0 atom stereocenters. The largest absolute Gasteiger partial charge is 0.337 e. The van der Waals surface area contributed by atoms with Gasteiger partial charge in [0.2, 0.25) is 0 Å². The number of nitrogens with one attached hydrogen (secondary N) is 3. The van der Waals surface area contributed by atoms with Crippen LogP contribution in [0.3, 0.4) is 0 Å². The van der Waals surface area contributed by atoms with Gasteiger partial charge in [-0.3, -0.25) is 10.1 Å². The Morgan fingerprint density at radius 2 is 1.89 bits per heavy atom. The summed E-state index contributed by atoms with van der Waals surface area (Å²) in [6, 6.07) is 17.0. The highest BCUT2D eigenvalue weighted by atomic mass is 32.1. The number of aromatic nitrogens is 5. The SMILES string of the molecule is c1cc(-c2ccsc2)c2nc(-c3n[nH]c4ccc(-c5cncc(CNCC6CCCC6)c5)cc34)[nH]c2c1. The number of fused-ring (bicyclic) bond motifs is 2. The van der Waals surface area contributed by atoms with Crippen molar-refractivity contribution in [3.8, 4) is 33.8 Å². The molecule has 7 heteroatoms. The number of hydrogen-bond acceptors (Lipinski definition) is 5. The van der Waals surface area contributed by atoms with Crippen LogP contribution in [0.4, 0.5) is 0 Å². The van der Waals surface area contributed by atoms with Crippen LogP contribution in [-0.4, -0.2) is 31.7 Å². The van der Waals surface area contributed by atoms with Crippen LogP contribution in [0.1, 0.15) is 31.2 Å². The third-order valence-electron chi connectivity index (χ3n) is 7.50. The maximum Gasteiger partial charge on any atom is 0.159 e. The first-order chi connectivity index (χ1) is 18.3. The third kappa shape index (κ3) is 4.34. The Hall–Kier alpha value is -3.81. The molecule has 4 aromatic heterocycles. The van der Waals surface area contributed by atoms with Crippen LogP contribution in [0.25, 0.3) is 55.7 Å². The highest BCUT2D eigenvalue weighted by Crippen LogP contribution is 2.34. The first kappa shape index (κ1) is 22.4. The van der Waals surface area contributed by atoms with Crippen LogP contribution in [0.15, 0.2) is 71.7 Å². The van der Waals surface area contributed by atoms with Gasteiger partial charge < -0.3 is 10.3 Å². The predicted octanol–water partition coefficient (Wildman–Crippen LogP) is 7.18. The van der Waals surface area contributed by atoms with E-state index < -0.39 is 0 Å². The Morgan fingerprint density at radius 3 is 2.78 bits per heavy atom. The predicted molar refractivity (Wildman–Crippen MR) is 151 cm³/mol. The average molecular weight is 505 g/mol. The lowest BCUT2D eigenvalue weighted by molar-refractivity contribution is 0.489. The van der Waals surface area contributed by atoms with Crippen molar-refractivity contribution in [2.45, 2.75) is 32.2 Å². The van der Waals surface area contributed by atoms with E-state index in [1.165, 1.54) is 36.8 Å². The summed E-state index contributed by atoms with van der Waals surface area (Å²) in [7, 11) is 0. The van der Waals surface area contributed by atoms with Gasteiger partial charge >= 0.3 is 0 Å². The Morgan fingerprint density at radius 1 is 0.946 bits per heavy atom. The first-order valence-electron chi connectivity index (χ1n) is 13.0. The molecule has 37 heavy (non-hydrogen) atoms. The number of imidazole rings is 1. The van der Waals surface area contributed by atoms with Gasteiger partial charge in [0.1, 0.15) is 5.69 Å². The fourth-order valence-electron chi connectivity index (χ4n) is 5.55. The van der Waals surface area contributed by atoms with Crippen LogP contribution in [0.5, 0.6) is 0 Å². The second-order valence-electron chi connectivity index (χ2n) is 10.00. The second-order valence-corrected chi connectivity index (χ2v) is 10.8. The molecule has 0 amide bonds. The minimum Gasteiger partial charge on any atom is -0.337 e. The van der Waals surface area contributed by atoms with Gasteiger partial charge in [0.25, 0.3) is 0 Å². The molecule has 1 aliphatic rings. The zero-order chi connectivity index (χ0) is 24.6. The molecule has 4 heterocycles. The molecule has 0 bridgehead atoms. The van der Waals surface area contributed by atoms with Gasteiger partial charge in [0, 0.05) is 35.5 Å². The standard InChI is InChI=1S/C30H28N6S/c1-2-5-19(4-1)14-31-15-20-12-23(17-32-16-20)21-8-9-26-25(13-21)29(36-35-26)30-33-27-7-3-6-24(28(27)34-30)22-10-11-37-18-22/h3,6-13,16-19,31H,1-2,4-5,14-15H2,(H,33,34)(H,35,36). The molecule has 3 N–H and O–H groups in total. The molecule has 184 valence electrons. The van der Waals surface area contributed by atoms with Crippen LogP contribution >= 0.6 is 11.3 Å². The maximum atomic E-state index is 4.99. The zero-order valence-corrected chi connectivity index (χ0v) is 21.3. The fraction of sp³-hybridized carbons (Fsp3) is 0.233. The van der Waals surface area contributed by atoms with Crippen molar-refractivity contribution in [3.63, 3.8) is 0 Å². The lowest BCUT2D eigenvalue weighted by atomic mass is 10.0. The molecule has 0 unspecified atom stereocenters. The van der Waals surface area contributed by atoms with Gasteiger partial charge in [-0.2, -0.15) is 16.4 Å². The minimum atomic E-state index is 0.768. The van der Waals surface area contributed by atoms with Gasteiger partial charge in [0.05, 0.1) is 16.6 Å². The van der Waals surface area contributed by atoms with Gasteiger partial charge in [-0.1, -0.05) is 31.0 Å². The molecule has 1 fully saturated rings. The Balaban J connectivity index is 1.20. The number of rotatable bonds is 7. The number of nitrogens with zero attached hydrogens (tertiary/aromatic N) is 3. The van der Waals surface area contributed by atoms with E-state index in [4.69, 9.17) is 4.98 Å². The number of pyridine rings is 1. The zero-order valence-electron chi connectivity index (χ0n) is 20.5. The summed E-state index contributed by atoms with van der Waals surface area (Å²) < 4.78 is 0. The summed E-state index contributed by atoms with van der Waals surface area (Å²) in [5.74, 6) is 1.60. The summed E-state index contributed by atoms with van der Waals surface area (Å²) in [5.41, 5.74) is 9.54. The molecular weight excluding hydrogens is 476 g/mol. The molecule has 0 aliphatic heterocycles. The molecule has 1 saturated carbocycles. The van der Waals surface area contributed by atoms with Gasteiger partial charge in [-0.15, -0.1) is 0 Å². The molecule has 2 aromatic carbocycles. The summed E-state index contributed by atoms with van der Waals surface area (Å²) in [4.78, 5) is 13.0. The average Bonchev–Trinajstić information content (AvgIpc) is 3.74. The van der Waals surface area contributed by atoms with E-state index in [9.17, 15) is 0 Å². The van der Waals surface area contributed by atoms with E-state index in [0.717, 1.165) is 69.2 Å². The number of aromatic amines is 2. The molecular formula is C30H28N6S. The Labute approximate surface area is 219 Å². The molecule has 6 aromatic rings. The van der Waals surface area contributed by atoms with E-state index in [1.54, 1.807) is 11.3 Å². The summed E-state index contributed by atoms with van der Waals surface area (Å²) in [6.07, 6.45) is 9.39. The topological polar surface area (TPSA) is 82.3 Å². The van der Waals surface area contributed by atoms with Crippen molar-refractivity contribution in [3.05, 3.63) is 77.2 Å². The molecule has 7 rings (SSSR count). The molecule has 6 nitrogen and oxygen atoms in total. The summed E-state index contributed by atoms with van der Waals surface area (Å²) in [6.45, 7) is 1.95. The highest BCUT2D eigenvalue weighted by Gasteiger charge is 2.17. The van der Waals surface area contributed by atoms with Crippen LogP contribution in [0.2, 0.25) is 0 Å². The van der Waals surface area contributed by atoms with Crippen molar-refractivity contribution in [1.82, 2.24) is 30.5 Å². The van der Waals surface area contributed by atoms with Crippen molar-refractivity contribution in [2.24, 2.45) is 5.92 Å². The normalized spacial score (nSPS) is 14.3. The number of thiophene rings is 1. The quantitative estimate of drug-likeness (QED) is 0.215. The Kier molecular flexibility index (Phi) is 5.79. The number of H-pyrrole nitrogens is 2. The van der Waals surface area contributed by atoms with E-state index in [-0.39, 0.29) is 0 Å². The molecule has 0 spiro atoms. The van der Waals surface area contributed by atoms with E-state index >= 15 is 0 Å². The lowest BCUT2D eigenvalue weighted by Gasteiger charge is -2.11. The third-order valence-corrected chi connectivity index (χ3v) is 8.18. The van der Waals surface area contributed by atoms with Crippen LogP contribution in [-0.2, 0) is 6.54 Å². The summed E-state index contributed by atoms with van der Waals surface area (Å²) in [5, 5.41) is 16.8. The number of benzene rings is 2. The van der Waals surface area contributed by atoms with Gasteiger partial charge in [0.15, 0.2) is 5.82 Å². The maximum absolute atomic E-state index is 4.99. The minimum absolute atomic E-state index is 0.768. The van der Waals surface area contributed by atoms with Gasteiger partial charge in [-0.05, 0) is 83.1 Å². The van der Waals surface area contributed by atoms with Gasteiger partial charge in [-0.25, -0.2) is 4.98 Å². The highest BCUT2D eigenvalue weighted by molar-refractivity contribution is 7.08. The van der Waals surface area contributed by atoms with E-state index in [0.29, 0.717) is 0 Å². The van der Waals surface area contributed by atoms with Crippen LogP contribution < -0.4 is 5.32 Å². The lowest BCUT2D eigenvalue weighted by Crippen LogP contribution is -2.20. The van der Waals surface area contributed by atoms with E-state index in [1.807, 2.05) is 12.4 Å². The van der Waals surface area contributed by atoms with Crippen molar-refractivity contribution in [1.29, 1.82) is 0 Å². The van der Waals surface area contributed by atoms with Crippen molar-refractivity contribution in [2.75, 3.05) is 6.54 Å². The summed E-state index contributed by atoms with van der Waals surface area (Å²) >= 11 is 1.70. The van der Waals surface area contributed by atoms with Crippen molar-refractivity contribution >= 4 is 33.3 Å². The number of hydrogen-bond donors (Lipinski definition) is 3. The number of para-hydroxylation sites is 1. The molecule has 1 aliphatic carbocycles. The van der Waals surface area contributed by atoms with E-state index in [2.05, 4.69) is 84.8 Å². The van der Waals surface area contributed by atoms with Crippen LogP contribution in [0, 0.1) is 5.92 Å². The first-order valence-corrected chi connectivity index (χ1v) is 13.9. The monoisotopic (exact) mass is 504 g/mol. The van der Waals surface area contributed by atoms with Crippen molar-refractivity contribution < 1.29 is 0 Å². The molecule has 0 radical (unpaired) electrons. The molecule has 0 saturated heterocycles. The smallest absolute Gasteiger partial charge is 0.159 e. The Bertz CT molecular complexity index is 1670. The second kappa shape index (κ2) is 9.57.